The van der Waals surface area contributed by atoms with Crippen LogP contribution in [0.15, 0.2) is 43.0 Å². The molecule has 1 atom stereocenters. The molecule has 0 heterocycles. The molecule has 1 saturated carbocycles. The molecule has 1 nitrogen and oxygen atoms in total. The highest BCUT2D eigenvalue weighted by Crippen LogP contribution is 2.36. The maximum absolute atomic E-state index is 3.85. The molecule has 1 aliphatic carbocycles. The standard InChI is InChI=1S/C14H19N/c1-3-11-15(12(2)13-9-10-13)14-7-5-4-6-8-14/h3-8,12-13H,1,9-11H2,2H3. The van der Waals surface area contributed by atoms with Crippen LogP contribution < -0.4 is 4.90 Å². The first-order valence-corrected chi connectivity index (χ1v) is 5.75. The molecule has 0 spiro atoms. The van der Waals surface area contributed by atoms with Crippen molar-refractivity contribution < 1.29 is 0 Å². The van der Waals surface area contributed by atoms with Crippen molar-refractivity contribution in [2.75, 3.05) is 11.4 Å². The van der Waals surface area contributed by atoms with Gasteiger partial charge >= 0.3 is 0 Å². The molecule has 80 valence electrons. The van der Waals surface area contributed by atoms with E-state index in [1.54, 1.807) is 0 Å². The van der Waals surface area contributed by atoms with Crippen LogP contribution in [-0.4, -0.2) is 12.6 Å². The van der Waals surface area contributed by atoms with Gasteiger partial charge in [0.1, 0.15) is 0 Å². The maximum Gasteiger partial charge on any atom is 0.0371 e. The number of nitrogens with zero attached hydrogens (tertiary/aromatic N) is 1. The average molecular weight is 201 g/mol. The lowest BCUT2D eigenvalue weighted by Gasteiger charge is -2.30. The van der Waals surface area contributed by atoms with Crippen LogP contribution in [0.1, 0.15) is 19.8 Å². The molecule has 1 aromatic rings. The Bertz CT molecular complexity index is 313. The third kappa shape index (κ3) is 2.41. The van der Waals surface area contributed by atoms with Crippen molar-refractivity contribution in [3.63, 3.8) is 0 Å². The van der Waals surface area contributed by atoms with Crippen LogP contribution in [0.3, 0.4) is 0 Å². The van der Waals surface area contributed by atoms with Gasteiger partial charge in [0.25, 0.3) is 0 Å². The van der Waals surface area contributed by atoms with Crippen LogP contribution >= 0.6 is 0 Å². The van der Waals surface area contributed by atoms with Gasteiger partial charge in [-0.15, -0.1) is 6.58 Å². The highest BCUT2D eigenvalue weighted by Gasteiger charge is 2.31. The van der Waals surface area contributed by atoms with Crippen molar-refractivity contribution in [2.24, 2.45) is 5.92 Å². The minimum absolute atomic E-state index is 0.644. The lowest BCUT2D eigenvalue weighted by Crippen LogP contribution is -2.34. The van der Waals surface area contributed by atoms with E-state index in [0.29, 0.717) is 6.04 Å². The molecule has 2 rings (SSSR count). The Balaban J connectivity index is 2.14. The molecule has 1 aliphatic rings. The normalized spacial score (nSPS) is 17.1. The van der Waals surface area contributed by atoms with Crippen molar-refractivity contribution in [1.82, 2.24) is 0 Å². The van der Waals surface area contributed by atoms with Crippen molar-refractivity contribution in [1.29, 1.82) is 0 Å². The van der Waals surface area contributed by atoms with Gasteiger partial charge in [-0.3, -0.25) is 0 Å². The Morgan fingerprint density at radius 1 is 1.40 bits per heavy atom. The summed E-state index contributed by atoms with van der Waals surface area (Å²) >= 11 is 0. The summed E-state index contributed by atoms with van der Waals surface area (Å²) in [6.07, 6.45) is 4.77. The Morgan fingerprint density at radius 2 is 2.07 bits per heavy atom. The van der Waals surface area contributed by atoms with Crippen LogP contribution in [0.25, 0.3) is 0 Å². The van der Waals surface area contributed by atoms with E-state index in [4.69, 9.17) is 0 Å². The smallest absolute Gasteiger partial charge is 0.0371 e. The zero-order chi connectivity index (χ0) is 10.7. The first kappa shape index (κ1) is 10.3. The number of para-hydroxylation sites is 1. The summed E-state index contributed by atoms with van der Waals surface area (Å²) in [5.41, 5.74) is 1.32. The second-order valence-corrected chi connectivity index (χ2v) is 4.35. The Kier molecular flexibility index (Phi) is 3.10. The lowest BCUT2D eigenvalue weighted by molar-refractivity contribution is 0.592. The van der Waals surface area contributed by atoms with Gasteiger partial charge in [-0.1, -0.05) is 24.3 Å². The minimum Gasteiger partial charge on any atom is -0.365 e. The fourth-order valence-electron chi connectivity index (χ4n) is 2.10. The van der Waals surface area contributed by atoms with Gasteiger partial charge < -0.3 is 4.90 Å². The molecule has 0 radical (unpaired) electrons. The zero-order valence-electron chi connectivity index (χ0n) is 9.39. The van der Waals surface area contributed by atoms with Gasteiger partial charge in [-0.2, -0.15) is 0 Å². The predicted molar refractivity (Wildman–Crippen MR) is 66.2 cm³/mol. The number of rotatable bonds is 5. The van der Waals surface area contributed by atoms with Gasteiger partial charge in [0, 0.05) is 18.3 Å². The zero-order valence-corrected chi connectivity index (χ0v) is 9.39. The van der Waals surface area contributed by atoms with Gasteiger partial charge in [0.05, 0.1) is 0 Å². The summed E-state index contributed by atoms with van der Waals surface area (Å²) in [7, 11) is 0. The number of hydrogen-bond acceptors (Lipinski definition) is 1. The van der Waals surface area contributed by atoms with Crippen molar-refractivity contribution >= 4 is 5.69 Å². The van der Waals surface area contributed by atoms with Crippen LogP contribution in [0, 0.1) is 5.92 Å². The summed E-state index contributed by atoms with van der Waals surface area (Å²) in [6, 6.07) is 11.3. The molecule has 0 aromatic heterocycles. The van der Waals surface area contributed by atoms with Crippen molar-refractivity contribution in [3.05, 3.63) is 43.0 Å². The monoisotopic (exact) mass is 201 g/mol. The second-order valence-electron chi connectivity index (χ2n) is 4.35. The fraction of sp³-hybridized carbons (Fsp3) is 0.429. The molecule has 0 aliphatic heterocycles. The van der Waals surface area contributed by atoms with Gasteiger partial charge in [-0.05, 0) is 37.8 Å². The molecule has 0 N–H and O–H groups in total. The number of hydrogen-bond donors (Lipinski definition) is 0. The summed E-state index contributed by atoms with van der Waals surface area (Å²) in [4.78, 5) is 2.45. The molecule has 1 unspecified atom stereocenters. The topological polar surface area (TPSA) is 3.24 Å². The molecule has 0 saturated heterocycles. The molecular formula is C14H19N. The summed E-state index contributed by atoms with van der Waals surface area (Å²) in [6.45, 7) is 7.12. The van der Waals surface area contributed by atoms with Crippen LogP contribution in [0.4, 0.5) is 5.69 Å². The molecule has 1 aromatic carbocycles. The first-order valence-electron chi connectivity index (χ1n) is 5.75. The lowest BCUT2D eigenvalue weighted by atomic mass is 10.1. The van der Waals surface area contributed by atoms with Crippen molar-refractivity contribution in [3.8, 4) is 0 Å². The van der Waals surface area contributed by atoms with Crippen molar-refractivity contribution in [2.45, 2.75) is 25.8 Å². The third-order valence-corrected chi connectivity index (χ3v) is 3.21. The van der Waals surface area contributed by atoms with E-state index in [1.807, 2.05) is 6.08 Å². The SMILES string of the molecule is C=CCN(c1ccccc1)C(C)C1CC1. The molecule has 0 bridgehead atoms. The van der Waals surface area contributed by atoms with E-state index in [9.17, 15) is 0 Å². The van der Waals surface area contributed by atoms with E-state index in [-0.39, 0.29) is 0 Å². The van der Waals surface area contributed by atoms with E-state index in [2.05, 4.69) is 48.7 Å². The van der Waals surface area contributed by atoms with E-state index >= 15 is 0 Å². The quantitative estimate of drug-likeness (QED) is 0.659. The average Bonchev–Trinajstić information content (AvgIpc) is 3.10. The van der Waals surface area contributed by atoms with Crippen LogP contribution in [-0.2, 0) is 0 Å². The number of anilines is 1. The Labute approximate surface area is 92.4 Å². The van der Waals surface area contributed by atoms with Crippen LogP contribution in [0.2, 0.25) is 0 Å². The van der Waals surface area contributed by atoms with Crippen LogP contribution in [0.5, 0.6) is 0 Å². The second kappa shape index (κ2) is 4.52. The number of benzene rings is 1. The van der Waals surface area contributed by atoms with E-state index in [0.717, 1.165) is 12.5 Å². The van der Waals surface area contributed by atoms with E-state index in [1.165, 1.54) is 18.5 Å². The fourth-order valence-corrected chi connectivity index (χ4v) is 2.10. The Hall–Kier alpha value is -1.24. The van der Waals surface area contributed by atoms with Gasteiger partial charge in [0.2, 0.25) is 0 Å². The highest BCUT2D eigenvalue weighted by atomic mass is 15.2. The molecule has 1 heteroatoms. The van der Waals surface area contributed by atoms with Gasteiger partial charge in [0.15, 0.2) is 0 Å². The highest BCUT2D eigenvalue weighted by molar-refractivity contribution is 5.47. The summed E-state index contributed by atoms with van der Waals surface area (Å²) < 4.78 is 0. The third-order valence-electron chi connectivity index (χ3n) is 3.21. The molecule has 0 amide bonds. The summed E-state index contributed by atoms with van der Waals surface area (Å²) in [5.74, 6) is 0.894. The predicted octanol–water partition coefficient (Wildman–Crippen LogP) is 3.48. The Morgan fingerprint density at radius 3 is 2.60 bits per heavy atom. The minimum atomic E-state index is 0.644. The first-order chi connectivity index (χ1) is 7.33. The van der Waals surface area contributed by atoms with E-state index < -0.39 is 0 Å². The molecular weight excluding hydrogens is 182 g/mol. The van der Waals surface area contributed by atoms with Gasteiger partial charge in [-0.25, -0.2) is 0 Å². The summed E-state index contributed by atoms with van der Waals surface area (Å²) in [5, 5.41) is 0. The molecule has 1 fully saturated rings. The maximum atomic E-state index is 3.85. The largest absolute Gasteiger partial charge is 0.365 e. The molecule has 15 heavy (non-hydrogen) atoms.